The molecule has 0 atom stereocenters. The van der Waals surface area contributed by atoms with Crippen LogP contribution in [-0.2, 0) is 0 Å². The predicted molar refractivity (Wildman–Crippen MR) is 114 cm³/mol. The Hall–Kier alpha value is -3.38. The van der Waals surface area contributed by atoms with Crippen molar-refractivity contribution < 1.29 is 9.53 Å². The Morgan fingerprint density at radius 1 is 0.897 bits per heavy atom. The highest BCUT2D eigenvalue weighted by molar-refractivity contribution is 5.94. The molecule has 0 radical (unpaired) electrons. The average Bonchev–Trinajstić information content (AvgIpc) is 2.76. The predicted octanol–water partition coefficient (Wildman–Crippen LogP) is 4.01. The number of para-hydroxylation sites is 1. The standard InChI is InChI=1S/C23H24N4O2/c1-26-13-15-27(16-14-26)23(28)18-7-12-22(24-17-18)25-19-8-10-21(11-9-19)29-20-5-3-2-4-6-20/h2-12,17H,13-16H2,1H3,(H,24,25). The van der Waals surface area contributed by atoms with E-state index in [1.807, 2.05) is 71.6 Å². The maximum atomic E-state index is 12.6. The molecule has 148 valence electrons. The summed E-state index contributed by atoms with van der Waals surface area (Å²) in [5, 5.41) is 3.25. The summed E-state index contributed by atoms with van der Waals surface area (Å²) in [7, 11) is 2.07. The lowest BCUT2D eigenvalue weighted by Gasteiger charge is -2.32. The molecule has 1 amide bonds. The zero-order chi connectivity index (χ0) is 20.1. The van der Waals surface area contributed by atoms with E-state index in [-0.39, 0.29) is 5.91 Å². The minimum atomic E-state index is 0.0413. The van der Waals surface area contributed by atoms with Crippen molar-refractivity contribution in [3.63, 3.8) is 0 Å². The Balaban J connectivity index is 1.35. The van der Waals surface area contributed by atoms with Crippen LogP contribution in [0, 0.1) is 0 Å². The molecule has 0 aliphatic carbocycles. The van der Waals surface area contributed by atoms with E-state index in [1.165, 1.54) is 0 Å². The molecule has 1 aromatic heterocycles. The first-order valence-corrected chi connectivity index (χ1v) is 9.71. The van der Waals surface area contributed by atoms with Gasteiger partial charge in [0.25, 0.3) is 5.91 Å². The van der Waals surface area contributed by atoms with E-state index < -0.39 is 0 Å². The Kier molecular flexibility index (Phi) is 5.72. The summed E-state index contributed by atoms with van der Waals surface area (Å²) < 4.78 is 5.80. The molecule has 6 heteroatoms. The van der Waals surface area contributed by atoms with E-state index in [2.05, 4.69) is 22.2 Å². The van der Waals surface area contributed by atoms with E-state index in [1.54, 1.807) is 6.20 Å². The van der Waals surface area contributed by atoms with E-state index >= 15 is 0 Å². The number of carbonyl (C=O) groups is 1. The van der Waals surface area contributed by atoms with Gasteiger partial charge in [-0.3, -0.25) is 4.79 Å². The summed E-state index contributed by atoms with van der Waals surface area (Å²) in [4.78, 5) is 21.1. The molecule has 4 rings (SSSR count). The van der Waals surface area contributed by atoms with E-state index in [0.29, 0.717) is 11.4 Å². The number of piperazine rings is 1. The van der Waals surface area contributed by atoms with Gasteiger partial charge in [0.2, 0.25) is 0 Å². The SMILES string of the molecule is CN1CCN(C(=O)c2ccc(Nc3ccc(Oc4ccccc4)cc3)nc2)CC1. The second-order valence-corrected chi connectivity index (χ2v) is 7.09. The third-order valence-corrected chi connectivity index (χ3v) is 4.91. The number of ether oxygens (including phenoxy) is 1. The van der Waals surface area contributed by atoms with Crippen molar-refractivity contribution in [2.75, 3.05) is 38.5 Å². The average molecular weight is 388 g/mol. The monoisotopic (exact) mass is 388 g/mol. The van der Waals surface area contributed by atoms with Gasteiger partial charge in [0.1, 0.15) is 17.3 Å². The topological polar surface area (TPSA) is 57.7 Å². The first-order valence-electron chi connectivity index (χ1n) is 9.71. The van der Waals surface area contributed by atoms with Crippen LogP contribution in [-0.4, -0.2) is 53.9 Å². The van der Waals surface area contributed by atoms with Crippen LogP contribution in [0.1, 0.15) is 10.4 Å². The van der Waals surface area contributed by atoms with E-state index in [4.69, 9.17) is 4.74 Å². The van der Waals surface area contributed by atoms with Gasteiger partial charge in [0.05, 0.1) is 5.56 Å². The van der Waals surface area contributed by atoms with Crippen LogP contribution < -0.4 is 10.1 Å². The van der Waals surface area contributed by atoms with Crippen molar-refractivity contribution in [3.05, 3.63) is 78.5 Å². The van der Waals surface area contributed by atoms with Crippen LogP contribution in [0.4, 0.5) is 11.5 Å². The molecular formula is C23H24N4O2. The molecule has 0 unspecified atom stereocenters. The van der Waals surface area contributed by atoms with Crippen molar-refractivity contribution in [2.24, 2.45) is 0 Å². The summed E-state index contributed by atoms with van der Waals surface area (Å²) >= 11 is 0. The number of hydrogen-bond donors (Lipinski definition) is 1. The number of hydrogen-bond acceptors (Lipinski definition) is 5. The Morgan fingerprint density at radius 2 is 1.59 bits per heavy atom. The maximum absolute atomic E-state index is 12.6. The molecule has 29 heavy (non-hydrogen) atoms. The molecule has 0 spiro atoms. The second kappa shape index (κ2) is 8.75. The molecule has 1 aliphatic heterocycles. The Labute approximate surface area is 170 Å². The van der Waals surface area contributed by atoms with Gasteiger partial charge in [-0.25, -0.2) is 4.98 Å². The molecule has 0 saturated carbocycles. The number of carbonyl (C=O) groups excluding carboxylic acids is 1. The third kappa shape index (κ3) is 4.92. The quantitative estimate of drug-likeness (QED) is 0.716. The number of amides is 1. The van der Waals surface area contributed by atoms with Gasteiger partial charge >= 0.3 is 0 Å². The van der Waals surface area contributed by atoms with Crippen LogP contribution in [0.3, 0.4) is 0 Å². The van der Waals surface area contributed by atoms with Crippen LogP contribution >= 0.6 is 0 Å². The molecular weight excluding hydrogens is 364 g/mol. The highest BCUT2D eigenvalue weighted by atomic mass is 16.5. The smallest absolute Gasteiger partial charge is 0.255 e. The minimum Gasteiger partial charge on any atom is -0.457 e. The zero-order valence-electron chi connectivity index (χ0n) is 16.4. The Bertz CT molecular complexity index is 935. The molecule has 3 aromatic rings. The maximum Gasteiger partial charge on any atom is 0.255 e. The highest BCUT2D eigenvalue weighted by Crippen LogP contribution is 2.24. The van der Waals surface area contributed by atoms with Gasteiger partial charge in [0, 0.05) is 38.1 Å². The third-order valence-electron chi connectivity index (χ3n) is 4.91. The lowest BCUT2D eigenvalue weighted by atomic mass is 10.2. The zero-order valence-corrected chi connectivity index (χ0v) is 16.4. The van der Waals surface area contributed by atoms with Gasteiger partial charge in [-0.05, 0) is 55.6 Å². The largest absolute Gasteiger partial charge is 0.457 e. The van der Waals surface area contributed by atoms with Gasteiger partial charge in [-0.2, -0.15) is 0 Å². The van der Waals surface area contributed by atoms with Crippen molar-refractivity contribution in [3.8, 4) is 11.5 Å². The molecule has 1 aliphatic rings. The fraction of sp³-hybridized carbons (Fsp3) is 0.217. The molecule has 1 N–H and O–H groups in total. The van der Waals surface area contributed by atoms with Crippen molar-refractivity contribution >= 4 is 17.4 Å². The molecule has 6 nitrogen and oxygen atoms in total. The number of benzene rings is 2. The number of aromatic nitrogens is 1. The normalized spacial score (nSPS) is 14.4. The summed E-state index contributed by atoms with van der Waals surface area (Å²) in [6.07, 6.45) is 1.63. The van der Waals surface area contributed by atoms with Crippen LogP contribution in [0.25, 0.3) is 0 Å². The van der Waals surface area contributed by atoms with E-state index in [9.17, 15) is 4.79 Å². The first-order chi connectivity index (χ1) is 14.2. The van der Waals surface area contributed by atoms with Crippen molar-refractivity contribution in [2.45, 2.75) is 0 Å². The highest BCUT2D eigenvalue weighted by Gasteiger charge is 2.20. The van der Waals surface area contributed by atoms with Gasteiger partial charge in [-0.15, -0.1) is 0 Å². The Morgan fingerprint density at radius 3 is 2.24 bits per heavy atom. The van der Waals surface area contributed by atoms with Crippen molar-refractivity contribution in [1.82, 2.24) is 14.8 Å². The summed E-state index contributed by atoms with van der Waals surface area (Å²) in [6, 6.07) is 21.0. The summed E-state index contributed by atoms with van der Waals surface area (Å²) in [5.41, 5.74) is 1.52. The summed E-state index contributed by atoms with van der Waals surface area (Å²) in [5.74, 6) is 2.30. The van der Waals surface area contributed by atoms with Crippen LogP contribution in [0.5, 0.6) is 11.5 Å². The summed E-state index contributed by atoms with van der Waals surface area (Å²) in [6.45, 7) is 3.32. The molecule has 2 heterocycles. The molecule has 1 fully saturated rings. The number of rotatable bonds is 5. The lowest BCUT2D eigenvalue weighted by Crippen LogP contribution is -2.47. The molecule has 2 aromatic carbocycles. The first kappa shape index (κ1) is 19.0. The van der Waals surface area contributed by atoms with E-state index in [0.717, 1.165) is 43.4 Å². The fourth-order valence-corrected chi connectivity index (χ4v) is 3.17. The second-order valence-electron chi connectivity index (χ2n) is 7.09. The van der Waals surface area contributed by atoms with Gasteiger partial charge < -0.3 is 19.9 Å². The van der Waals surface area contributed by atoms with Crippen LogP contribution in [0.15, 0.2) is 72.9 Å². The minimum absolute atomic E-state index is 0.0413. The fourth-order valence-electron chi connectivity index (χ4n) is 3.17. The van der Waals surface area contributed by atoms with Crippen LogP contribution in [0.2, 0.25) is 0 Å². The van der Waals surface area contributed by atoms with Crippen molar-refractivity contribution in [1.29, 1.82) is 0 Å². The lowest BCUT2D eigenvalue weighted by molar-refractivity contribution is 0.0663. The van der Waals surface area contributed by atoms with Gasteiger partial charge in [-0.1, -0.05) is 18.2 Å². The molecule has 0 bridgehead atoms. The van der Waals surface area contributed by atoms with Gasteiger partial charge in [0.15, 0.2) is 0 Å². The number of nitrogens with one attached hydrogen (secondary N) is 1. The number of pyridine rings is 1. The number of anilines is 2. The number of nitrogens with zero attached hydrogens (tertiary/aromatic N) is 3. The molecule has 1 saturated heterocycles. The number of likely N-dealkylation sites (N-methyl/N-ethyl adjacent to an activating group) is 1.